The third-order valence-corrected chi connectivity index (χ3v) is 6.46. The standard InChI is InChI=1S/C20H18N4O3S2/c1-2-23-15(13-3-4-16-17(9-13)27-7-6-26-16)11-21-19(23)29-12-14-10-18(25)24-5-8-28-20(24)22-14/h3-5,8-11H,2,6-7,12H2,1H3. The molecule has 0 bridgehead atoms. The second-order valence-electron chi connectivity index (χ2n) is 6.46. The molecule has 0 atom stereocenters. The van der Waals surface area contributed by atoms with Crippen LogP contribution in [-0.2, 0) is 12.3 Å². The number of rotatable bonds is 5. The molecule has 7 nitrogen and oxygen atoms in total. The van der Waals surface area contributed by atoms with Crippen LogP contribution in [0.15, 0.2) is 52.0 Å². The van der Waals surface area contributed by atoms with E-state index >= 15 is 0 Å². The highest BCUT2D eigenvalue weighted by Crippen LogP contribution is 2.36. The van der Waals surface area contributed by atoms with Crippen LogP contribution in [0.3, 0.4) is 0 Å². The van der Waals surface area contributed by atoms with E-state index in [9.17, 15) is 4.79 Å². The fourth-order valence-corrected chi connectivity index (χ4v) is 4.99. The fraction of sp³-hybridized carbons (Fsp3) is 0.250. The predicted octanol–water partition coefficient (Wildman–Crippen LogP) is 3.70. The Morgan fingerprint density at radius 3 is 2.93 bits per heavy atom. The molecule has 0 N–H and O–H groups in total. The average Bonchev–Trinajstić information content (AvgIpc) is 3.38. The van der Waals surface area contributed by atoms with E-state index in [-0.39, 0.29) is 5.56 Å². The van der Waals surface area contributed by atoms with Gasteiger partial charge in [0.05, 0.1) is 17.6 Å². The molecule has 0 radical (unpaired) electrons. The lowest BCUT2D eigenvalue weighted by Gasteiger charge is -2.19. The van der Waals surface area contributed by atoms with Gasteiger partial charge in [0, 0.05) is 35.5 Å². The Labute approximate surface area is 175 Å². The fourth-order valence-electron chi connectivity index (χ4n) is 3.31. The molecule has 0 fully saturated rings. The molecule has 1 aliphatic heterocycles. The number of nitrogens with zero attached hydrogens (tertiary/aromatic N) is 4. The van der Waals surface area contributed by atoms with Gasteiger partial charge in [-0.3, -0.25) is 9.20 Å². The number of thioether (sulfide) groups is 1. The Hall–Kier alpha value is -2.78. The lowest BCUT2D eigenvalue weighted by Crippen LogP contribution is -2.15. The summed E-state index contributed by atoms with van der Waals surface area (Å²) in [6.45, 7) is 4.02. The second-order valence-corrected chi connectivity index (χ2v) is 8.27. The molecule has 0 amide bonds. The third kappa shape index (κ3) is 3.40. The zero-order valence-electron chi connectivity index (χ0n) is 15.7. The van der Waals surface area contributed by atoms with Gasteiger partial charge >= 0.3 is 0 Å². The Kier molecular flexibility index (Phi) is 4.76. The minimum absolute atomic E-state index is 0.0531. The van der Waals surface area contributed by atoms with Gasteiger partial charge in [-0.25, -0.2) is 9.97 Å². The maximum atomic E-state index is 12.2. The number of ether oxygens (including phenoxy) is 2. The van der Waals surface area contributed by atoms with Crippen molar-refractivity contribution in [3.8, 4) is 22.8 Å². The van der Waals surface area contributed by atoms with Crippen LogP contribution in [0.25, 0.3) is 16.2 Å². The van der Waals surface area contributed by atoms with E-state index in [2.05, 4.69) is 21.5 Å². The van der Waals surface area contributed by atoms with Gasteiger partial charge in [0.25, 0.3) is 5.56 Å². The van der Waals surface area contributed by atoms with Crippen molar-refractivity contribution in [1.29, 1.82) is 0 Å². The molecule has 4 heterocycles. The van der Waals surface area contributed by atoms with Crippen molar-refractivity contribution in [2.24, 2.45) is 0 Å². The van der Waals surface area contributed by atoms with Gasteiger partial charge < -0.3 is 14.0 Å². The summed E-state index contributed by atoms with van der Waals surface area (Å²) in [5.41, 5.74) is 2.76. The Morgan fingerprint density at radius 1 is 1.21 bits per heavy atom. The molecule has 0 saturated heterocycles. The van der Waals surface area contributed by atoms with E-state index in [1.807, 2.05) is 29.8 Å². The highest BCUT2D eigenvalue weighted by Gasteiger charge is 2.16. The first-order valence-corrected chi connectivity index (χ1v) is 11.1. The zero-order chi connectivity index (χ0) is 19.8. The summed E-state index contributed by atoms with van der Waals surface area (Å²) in [5, 5.41) is 2.76. The van der Waals surface area contributed by atoms with Gasteiger partial charge in [0.2, 0.25) is 0 Å². The van der Waals surface area contributed by atoms with Crippen LogP contribution in [0.4, 0.5) is 0 Å². The molecule has 4 aromatic rings. The van der Waals surface area contributed by atoms with E-state index in [1.165, 1.54) is 11.3 Å². The van der Waals surface area contributed by atoms with E-state index < -0.39 is 0 Å². The topological polar surface area (TPSA) is 70.7 Å². The molecule has 1 aromatic carbocycles. The highest BCUT2D eigenvalue weighted by molar-refractivity contribution is 7.98. The normalized spacial score (nSPS) is 13.1. The van der Waals surface area contributed by atoms with E-state index in [0.29, 0.717) is 23.9 Å². The molecule has 0 saturated carbocycles. The monoisotopic (exact) mass is 426 g/mol. The van der Waals surface area contributed by atoms with Gasteiger partial charge in [-0.2, -0.15) is 0 Å². The second kappa shape index (κ2) is 7.57. The maximum absolute atomic E-state index is 12.2. The predicted molar refractivity (Wildman–Crippen MR) is 113 cm³/mol. The molecule has 0 spiro atoms. The van der Waals surface area contributed by atoms with Crippen molar-refractivity contribution in [1.82, 2.24) is 18.9 Å². The number of hydrogen-bond acceptors (Lipinski definition) is 7. The van der Waals surface area contributed by atoms with Crippen LogP contribution in [0.2, 0.25) is 0 Å². The quantitative estimate of drug-likeness (QED) is 0.453. The lowest BCUT2D eigenvalue weighted by atomic mass is 10.1. The smallest absolute Gasteiger partial charge is 0.258 e. The van der Waals surface area contributed by atoms with E-state index in [0.717, 1.165) is 40.2 Å². The number of fused-ring (bicyclic) bond motifs is 2. The van der Waals surface area contributed by atoms with Crippen LogP contribution in [-0.4, -0.2) is 32.1 Å². The lowest BCUT2D eigenvalue weighted by molar-refractivity contribution is 0.171. The minimum atomic E-state index is -0.0531. The third-order valence-electron chi connectivity index (χ3n) is 4.68. The molecule has 29 heavy (non-hydrogen) atoms. The number of imidazole rings is 1. The number of benzene rings is 1. The van der Waals surface area contributed by atoms with Crippen molar-refractivity contribution >= 4 is 28.1 Å². The first kappa shape index (κ1) is 18.3. The first-order chi connectivity index (χ1) is 14.2. The molecule has 1 aliphatic rings. The number of aromatic nitrogens is 4. The summed E-state index contributed by atoms with van der Waals surface area (Å²) < 4.78 is 15.0. The van der Waals surface area contributed by atoms with Crippen LogP contribution < -0.4 is 15.0 Å². The summed E-state index contributed by atoms with van der Waals surface area (Å²) in [7, 11) is 0. The summed E-state index contributed by atoms with van der Waals surface area (Å²) in [6, 6.07) is 7.56. The van der Waals surface area contributed by atoms with Crippen molar-refractivity contribution in [3.05, 3.63) is 58.1 Å². The molecular weight excluding hydrogens is 408 g/mol. The molecule has 0 aliphatic carbocycles. The summed E-state index contributed by atoms with van der Waals surface area (Å²) in [5.74, 6) is 2.13. The molecule has 0 unspecified atom stereocenters. The van der Waals surface area contributed by atoms with Crippen molar-refractivity contribution in [2.45, 2.75) is 24.4 Å². The zero-order valence-corrected chi connectivity index (χ0v) is 17.3. The average molecular weight is 427 g/mol. The van der Waals surface area contributed by atoms with Crippen molar-refractivity contribution < 1.29 is 9.47 Å². The van der Waals surface area contributed by atoms with Crippen molar-refractivity contribution in [3.63, 3.8) is 0 Å². The Morgan fingerprint density at radius 2 is 2.07 bits per heavy atom. The highest BCUT2D eigenvalue weighted by atomic mass is 32.2. The number of thiazole rings is 1. The summed E-state index contributed by atoms with van der Waals surface area (Å²) in [4.78, 5) is 22.1. The summed E-state index contributed by atoms with van der Waals surface area (Å²) >= 11 is 3.04. The van der Waals surface area contributed by atoms with Gasteiger partial charge in [-0.05, 0) is 25.1 Å². The number of hydrogen-bond donors (Lipinski definition) is 0. The van der Waals surface area contributed by atoms with Crippen LogP contribution in [0.5, 0.6) is 11.5 Å². The largest absolute Gasteiger partial charge is 0.486 e. The van der Waals surface area contributed by atoms with Crippen LogP contribution in [0.1, 0.15) is 12.6 Å². The SMILES string of the molecule is CCn1c(-c2ccc3c(c2)OCCO3)cnc1SCc1cc(=O)n2ccsc2n1. The van der Waals surface area contributed by atoms with E-state index in [4.69, 9.17) is 9.47 Å². The molecule has 5 rings (SSSR count). The molecule has 3 aromatic heterocycles. The molecule has 148 valence electrons. The Balaban J connectivity index is 1.41. The van der Waals surface area contributed by atoms with Gasteiger partial charge in [0.1, 0.15) is 13.2 Å². The summed E-state index contributed by atoms with van der Waals surface area (Å²) in [6.07, 6.45) is 3.62. The van der Waals surface area contributed by atoms with Gasteiger partial charge in [-0.15, -0.1) is 11.3 Å². The molecule has 9 heteroatoms. The van der Waals surface area contributed by atoms with E-state index in [1.54, 1.807) is 28.4 Å². The Bertz CT molecular complexity index is 1240. The van der Waals surface area contributed by atoms with Crippen LogP contribution in [0, 0.1) is 0 Å². The molecular formula is C20H18N4O3S2. The minimum Gasteiger partial charge on any atom is -0.486 e. The van der Waals surface area contributed by atoms with Gasteiger partial charge in [0.15, 0.2) is 21.6 Å². The van der Waals surface area contributed by atoms with Crippen molar-refractivity contribution in [2.75, 3.05) is 13.2 Å². The van der Waals surface area contributed by atoms with Crippen LogP contribution >= 0.6 is 23.1 Å². The first-order valence-electron chi connectivity index (χ1n) is 9.27. The maximum Gasteiger partial charge on any atom is 0.258 e. The van der Waals surface area contributed by atoms with Gasteiger partial charge in [-0.1, -0.05) is 11.8 Å².